The van der Waals surface area contributed by atoms with Crippen molar-refractivity contribution in [3.05, 3.63) is 48.3 Å². The summed E-state index contributed by atoms with van der Waals surface area (Å²) < 4.78 is 21.5. The fourth-order valence-electron chi connectivity index (χ4n) is 2.73. The third kappa shape index (κ3) is 5.15. The zero-order chi connectivity index (χ0) is 21.0. The van der Waals surface area contributed by atoms with E-state index in [9.17, 15) is 13.9 Å². The van der Waals surface area contributed by atoms with Crippen LogP contribution in [0.5, 0.6) is 0 Å². The van der Waals surface area contributed by atoms with Crippen LogP contribution in [0.1, 0.15) is 12.5 Å². The minimum atomic E-state index is -2.78. The van der Waals surface area contributed by atoms with Crippen LogP contribution in [0.25, 0.3) is 11.4 Å². The summed E-state index contributed by atoms with van der Waals surface area (Å²) in [5.74, 6) is 0.742. The van der Waals surface area contributed by atoms with Crippen LogP contribution >= 0.6 is 22.4 Å². The summed E-state index contributed by atoms with van der Waals surface area (Å²) >= 11 is 1.31. The quantitative estimate of drug-likeness (QED) is 0.480. The van der Waals surface area contributed by atoms with Gasteiger partial charge in [-0.05, 0) is 49.7 Å². The Labute approximate surface area is 175 Å². The van der Waals surface area contributed by atoms with Crippen LogP contribution in [0.2, 0.25) is 0 Å². The Morgan fingerprint density at radius 2 is 1.93 bits per heavy atom. The minimum Gasteiger partial charge on any atom is -0.325 e. The van der Waals surface area contributed by atoms with Crippen LogP contribution in [-0.4, -0.2) is 46.8 Å². The highest BCUT2D eigenvalue weighted by atomic mass is 32.3. The summed E-state index contributed by atoms with van der Waals surface area (Å²) in [6.45, 7) is 4.49. The number of benzene rings is 1. The van der Waals surface area contributed by atoms with Gasteiger partial charge in [0.1, 0.15) is 0 Å². The first kappa shape index (κ1) is 21.3. The average Bonchev–Trinajstić information content (AvgIpc) is 3.10. The molecule has 0 bridgehead atoms. The number of nitrogens with one attached hydrogen (secondary N) is 1. The zero-order valence-corrected chi connectivity index (χ0v) is 18.0. The van der Waals surface area contributed by atoms with E-state index in [1.807, 2.05) is 30.5 Å². The lowest BCUT2D eigenvalue weighted by molar-refractivity contribution is -0.113. The predicted octanol–water partition coefficient (Wildman–Crippen LogP) is 4.14. The van der Waals surface area contributed by atoms with Crippen molar-refractivity contribution in [3.63, 3.8) is 0 Å². The van der Waals surface area contributed by atoms with E-state index in [-0.39, 0.29) is 11.7 Å². The number of rotatable bonds is 7. The van der Waals surface area contributed by atoms with Gasteiger partial charge in [-0.3, -0.25) is 18.9 Å². The van der Waals surface area contributed by atoms with E-state index < -0.39 is 10.6 Å². The lowest BCUT2D eigenvalue weighted by Gasteiger charge is -2.27. The molecule has 2 heterocycles. The number of hydrogen-bond acceptors (Lipinski definition) is 7. The first-order chi connectivity index (χ1) is 13.8. The number of hydrogen-bond donors (Lipinski definition) is 3. The topological polar surface area (TPSA) is 113 Å². The van der Waals surface area contributed by atoms with Gasteiger partial charge in [-0.25, -0.2) is 0 Å². The largest absolute Gasteiger partial charge is 0.325 e. The second-order valence-electron chi connectivity index (χ2n) is 6.43. The number of aryl methyl sites for hydroxylation is 1. The molecule has 8 nitrogen and oxygen atoms in total. The molecule has 1 aromatic carbocycles. The maximum Gasteiger partial charge on any atom is 0.234 e. The fourth-order valence-corrected chi connectivity index (χ4v) is 4.26. The van der Waals surface area contributed by atoms with Gasteiger partial charge in [0.25, 0.3) is 0 Å². The molecule has 0 saturated carbocycles. The molecule has 0 unspecified atom stereocenters. The van der Waals surface area contributed by atoms with Gasteiger partial charge in [0.05, 0.1) is 10.6 Å². The number of thioether (sulfide) groups is 1. The maximum absolute atomic E-state index is 12.4. The first-order valence-corrected chi connectivity index (χ1v) is 11.8. The Morgan fingerprint density at radius 3 is 2.55 bits per heavy atom. The highest BCUT2D eigenvalue weighted by Crippen LogP contribution is 2.44. The van der Waals surface area contributed by atoms with Gasteiger partial charge in [0.2, 0.25) is 5.91 Å². The molecule has 1 amide bonds. The van der Waals surface area contributed by atoms with Crippen LogP contribution in [0.3, 0.4) is 0 Å². The molecule has 0 aliphatic heterocycles. The molecule has 0 fully saturated rings. The van der Waals surface area contributed by atoms with Gasteiger partial charge >= 0.3 is 0 Å². The molecule has 0 saturated heterocycles. The van der Waals surface area contributed by atoms with Crippen LogP contribution in [0.15, 0.2) is 52.8 Å². The molecule has 10 heteroatoms. The molecule has 0 atom stereocenters. The lowest BCUT2D eigenvalue weighted by Crippen LogP contribution is -2.15. The molecule has 0 radical (unpaired) electrons. The summed E-state index contributed by atoms with van der Waals surface area (Å²) in [4.78, 5) is 16.9. The molecule has 0 aliphatic carbocycles. The Hall–Kier alpha value is -2.40. The monoisotopic (exact) mass is 433 g/mol. The van der Waals surface area contributed by atoms with Crippen molar-refractivity contribution in [1.82, 2.24) is 19.7 Å². The molecule has 2 aromatic heterocycles. The average molecular weight is 434 g/mol. The first-order valence-electron chi connectivity index (χ1n) is 8.89. The number of anilines is 1. The van der Waals surface area contributed by atoms with Gasteiger partial charge < -0.3 is 9.88 Å². The van der Waals surface area contributed by atoms with E-state index in [1.54, 1.807) is 30.6 Å². The van der Waals surface area contributed by atoms with Crippen LogP contribution in [-0.2, 0) is 11.3 Å². The van der Waals surface area contributed by atoms with Gasteiger partial charge in [-0.2, -0.15) is 10.6 Å². The van der Waals surface area contributed by atoms with Crippen molar-refractivity contribution in [2.45, 2.75) is 30.4 Å². The molecule has 0 spiro atoms. The van der Waals surface area contributed by atoms with E-state index in [2.05, 4.69) is 20.5 Å². The van der Waals surface area contributed by atoms with Gasteiger partial charge in [-0.15, -0.1) is 10.2 Å². The Morgan fingerprint density at radius 1 is 1.21 bits per heavy atom. The Kier molecular flexibility index (Phi) is 6.58. The molecule has 3 rings (SSSR count). The number of pyridine rings is 1. The molecule has 3 aromatic rings. The van der Waals surface area contributed by atoms with Crippen LogP contribution in [0.4, 0.5) is 5.69 Å². The number of carbonyl (C=O) groups is 1. The van der Waals surface area contributed by atoms with E-state index in [1.165, 1.54) is 18.0 Å². The van der Waals surface area contributed by atoms with Gasteiger partial charge in [0, 0.05) is 36.4 Å². The molecule has 154 valence electrons. The van der Waals surface area contributed by atoms with Crippen molar-refractivity contribution in [2.75, 3.05) is 17.3 Å². The molecular weight excluding hydrogens is 410 g/mol. The predicted molar refractivity (Wildman–Crippen MR) is 116 cm³/mol. The summed E-state index contributed by atoms with van der Waals surface area (Å²) in [6.07, 6.45) is 4.78. The third-order valence-corrected chi connectivity index (χ3v) is 6.34. The van der Waals surface area contributed by atoms with E-state index in [4.69, 9.17) is 0 Å². The summed E-state index contributed by atoms with van der Waals surface area (Å²) in [5, 5.41) is 12.0. The molecule has 0 aliphatic rings. The highest BCUT2D eigenvalue weighted by Gasteiger charge is 2.16. The summed E-state index contributed by atoms with van der Waals surface area (Å²) in [6, 6.07) is 8.71. The number of carbonyl (C=O) groups excluding carboxylic acids is 1. The van der Waals surface area contributed by atoms with Gasteiger partial charge in [0.15, 0.2) is 11.0 Å². The van der Waals surface area contributed by atoms with Gasteiger partial charge in [-0.1, -0.05) is 11.8 Å². The Balaban J connectivity index is 1.67. The maximum atomic E-state index is 12.4. The summed E-state index contributed by atoms with van der Waals surface area (Å²) in [7, 11) is -2.78. The standard InChI is InChI=1S/C19H23N5O3S2/c1-4-24-18(14-7-9-20-10-8-14)22-23-19(24)28-12-17(25)21-16-6-5-15(11-13(16)2)29(3,26)27/h5-11,26-27H,4,12H2,1-3H3,(H,21,25). The smallest absolute Gasteiger partial charge is 0.234 e. The fraction of sp³-hybridized carbons (Fsp3) is 0.263. The van der Waals surface area contributed by atoms with E-state index in [0.717, 1.165) is 17.0 Å². The van der Waals surface area contributed by atoms with Crippen molar-refractivity contribution in [1.29, 1.82) is 0 Å². The highest BCUT2D eigenvalue weighted by molar-refractivity contribution is 8.23. The van der Waals surface area contributed by atoms with Crippen molar-refractivity contribution in [2.24, 2.45) is 0 Å². The second-order valence-corrected chi connectivity index (χ2v) is 9.51. The zero-order valence-electron chi connectivity index (χ0n) is 16.4. The Bertz CT molecular complexity index is 1000. The number of nitrogens with zero attached hydrogens (tertiary/aromatic N) is 4. The molecular formula is C19H23N5O3S2. The minimum absolute atomic E-state index is 0.176. The second kappa shape index (κ2) is 8.95. The normalized spacial score (nSPS) is 12.0. The van der Waals surface area contributed by atoms with Crippen molar-refractivity contribution in [3.8, 4) is 11.4 Å². The molecule has 29 heavy (non-hydrogen) atoms. The number of amides is 1. The third-order valence-electron chi connectivity index (χ3n) is 4.22. The van der Waals surface area contributed by atoms with E-state index in [0.29, 0.717) is 22.3 Å². The molecule has 3 N–H and O–H groups in total. The van der Waals surface area contributed by atoms with Crippen LogP contribution in [0, 0.1) is 6.92 Å². The SMILES string of the molecule is CCn1c(SCC(=O)Nc2ccc(S(C)(O)O)cc2C)nnc1-c1ccncc1. The lowest BCUT2D eigenvalue weighted by atomic mass is 10.2. The van der Waals surface area contributed by atoms with Crippen LogP contribution < -0.4 is 5.32 Å². The summed E-state index contributed by atoms with van der Waals surface area (Å²) in [5.41, 5.74) is 2.32. The van der Waals surface area contributed by atoms with Crippen molar-refractivity contribution < 1.29 is 13.9 Å². The van der Waals surface area contributed by atoms with Crippen molar-refractivity contribution >= 4 is 33.9 Å². The van der Waals surface area contributed by atoms with E-state index >= 15 is 0 Å². The number of aromatic nitrogens is 4.